The van der Waals surface area contributed by atoms with Gasteiger partial charge in [-0.1, -0.05) is 54.6 Å². The Hall–Kier alpha value is -3.49. The molecule has 3 amide bonds. The molecule has 2 atom stereocenters. The Bertz CT molecular complexity index is 1330. The first-order valence-corrected chi connectivity index (χ1v) is 12.9. The third kappa shape index (κ3) is 5.28. The van der Waals surface area contributed by atoms with Crippen LogP contribution in [0.2, 0.25) is 0 Å². The van der Waals surface area contributed by atoms with Crippen LogP contribution in [0.5, 0.6) is 0 Å². The molecule has 2 aliphatic rings. The van der Waals surface area contributed by atoms with Crippen molar-refractivity contribution in [2.45, 2.75) is 21.1 Å². The maximum Gasteiger partial charge on any atom is 0.326 e. The van der Waals surface area contributed by atoms with E-state index in [2.05, 4.69) is 16.7 Å². The van der Waals surface area contributed by atoms with Crippen molar-refractivity contribution in [1.82, 2.24) is 0 Å². The van der Waals surface area contributed by atoms with Crippen molar-refractivity contribution >= 4 is 52.5 Å². The van der Waals surface area contributed by atoms with Crippen LogP contribution in [0.4, 0.5) is 26.2 Å². The van der Waals surface area contributed by atoms with Crippen LogP contribution >= 0.6 is 23.5 Å². The van der Waals surface area contributed by atoms with E-state index in [1.54, 1.807) is 28.8 Å². The Morgan fingerprint density at radius 3 is 2.63 bits per heavy atom. The summed E-state index contributed by atoms with van der Waals surface area (Å²) >= 11 is 3.07. The number of allylic oxidation sites excluding steroid dienone is 2. The summed E-state index contributed by atoms with van der Waals surface area (Å²) < 4.78 is 13.8. The highest BCUT2D eigenvalue weighted by atomic mass is 32.2. The Morgan fingerprint density at radius 2 is 1.74 bits per heavy atom. The van der Waals surface area contributed by atoms with Gasteiger partial charge in [-0.05, 0) is 42.5 Å². The Balaban J connectivity index is 1.26. The SMILES string of the molecule is O=C(CSc1cccc(NC(=O)N2c3ccccc3SC3C=CC=CC32)c1)Nc1ccccc1F. The van der Waals surface area contributed by atoms with Crippen LogP contribution in [0, 0.1) is 5.82 Å². The molecule has 3 aromatic carbocycles. The second-order valence-corrected chi connectivity index (χ2v) is 10.2. The highest BCUT2D eigenvalue weighted by Crippen LogP contribution is 2.43. The van der Waals surface area contributed by atoms with E-state index in [0.29, 0.717) is 5.69 Å². The number of benzene rings is 3. The quantitative estimate of drug-likeness (QED) is 0.387. The summed E-state index contributed by atoms with van der Waals surface area (Å²) in [5.41, 5.74) is 1.67. The number of halogens is 1. The monoisotopic (exact) mass is 503 g/mol. The van der Waals surface area contributed by atoms with Crippen molar-refractivity contribution in [2.24, 2.45) is 0 Å². The number of carbonyl (C=O) groups excluding carboxylic acids is 2. The van der Waals surface area contributed by atoms with Crippen molar-refractivity contribution in [2.75, 3.05) is 21.3 Å². The molecule has 0 radical (unpaired) electrons. The number of amides is 3. The minimum atomic E-state index is -0.473. The van der Waals surface area contributed by atoms with Gasteiger partial charge < -0.3 is 10.6 Å². The first-order valence-electron chi connectivity index (χ1n) is 11.1. The first-order chi connectivity index (χ1) is 17.1. The van der Waals surface area contributed by atoms with Gasteiger partial charge in [0, 0.05) is 15.5 Å². The highest BCUT2D eigenvalue weighted by molar-refractivity contribution is 8.00. The number of carbonyl (C=O) groups is 2. The van der Waals surface area contributed by atoms with E-state index in [4.69, 9.17) is 0 Å². The number of fused-ring (bicyclic) bond motifs is 2. The van der Waals surface area contributed by atoms with Crippen molar-refractivity contribution in [3.05, 3.63) is 103 Å². The van der Waals surface area contributed by atoms with Crippen LogP contribution in [0.1, 0.15) is 0 Å². The molecule has 2 N–H and O–H groups in total. The van der Waals surface area contributed by atoms with E-state index in [1.165, 1.54) is 23.9 Å². The smallest absolute Gasteiger partial charge is 0.323 e. The van der Waals surface area contributed by atoms with Gasteiger partial charge in [0.2, 0.25) is 5.91 Å². The average Bonchev–Trinajstić information content (AvgIpc) is 2.87. The van der Waals surface area contributed by atoms with Crippen molar-refractivity contribution in [3.63, 3.8) is 0 Å². The zero-order chi connectivity index (χ0) is 24.2. The summed E-state index contributed by atoms with van der Waals surface area (Å²) in [5, 5.41) is 5.75. The van der Waals surface area contributed by atoms with E-state index in [1.807, 2.05) is 66.8 Å². The molecule has 1 heterocycles. The van der Waals surface area contributed by atoms with Crippen LogP contribution in [0.15, 0.2) is 107 Å². The second kappa shape index (κ2) is 10.4. The van der Waals surface area contributed by atoms with Gasteiger partial charge in [-0.3, -0.25) is 9.69 Å². The van der Waals surface area contributed by atoms with Gasteiger partial charge in [-0.25, -0.2) is 9.18 Å². The molecular weight excluding hydrogens is 481 g/mol. The fraction of sp³-hybridized carbons (Fsp3) is 0.111. The van der Waals surface area contributed by atoms with E-state index < -0.39 is 5.82 Å². The van der Waals surface area contributed by atoms with E-state index >= 15 is 0 Å². The molecule has 0 saturated carbocycles. The standard InChI is InChI=1S/C27H22FN3O2S2/c28-20-10-1-2-11-21(20)30-26(32)17-34-19-9-7-8-18(16-19)29-27(33)31-22-12-3-5-14-24(22)35-25-15-6-4-13-23(25)31/h1-16,22,24H,17H2,(H,29,33)(H,30,32). The topological polar surface area (TPSA) is 61.4 Å². The lowest BCUT2D eigenvalue weighted by Crippen LogP contribution is -2.49. The molecule has 1 aliphatic carbocycles. The largest absolute Gasteiger partial charge is 0.326 e. The molecule has 3 aromatic rings. The van der Waals surface area contributed by atoms with Crippen LogP contribution < -0.4 is 15.5 Å². The maximum atomic E-state index is 13.8. The number of urea groups is 1. The number of nitrogens with one attached hydrogen (secondary N) is 2. The molecule has 0 spiro atoms. The van der Waals surface area contributed by atoms with Gasteiger partial charge in [-0.2, -0.15) is 0 Å². The lowest BCUT2D eigenvalue weighted by Gasteiger charge is -2.40. The molecule has 8 heteroatoms. The van der Waals surface area contributed by atoms with Gasteiger partial charge in [0.05, 0.1) is 28.4 Å². The summed E-state index contributed by atoms with van der Waals surface area (Å²) in [6.07, 6.45) is 8.16. The highest BCUT2D eigenvalue weighted by Gasteiger charge is 2.36. The molecule has 0 saturated heterocycles. The van der Waals surface area contributed by atoms with Crippen molar-refractivity contribution < 1.29 is 14.0 Å². The molecule has 0 bridgehead atoms. The number of para-hydroxylation sites is 2. The second-order valence-electron chi connectivity index (χ2n) is 7.96. The minimum Gasteiger partial charge on any atom is -0.323 e. The summed E-state index contributed by atoms with van der Waals surface area (Å²) in [4.78, 5) is 29.4. The lowest BCUT2D eigenvalue weighted by atomic mass is 10.1. The summed E-state index contributed by atoms with van der Waals surface area (Å²) in [6.45, 7) is 0. The van der Waals surface area contributed by atoms with Gasteiger partial charge in [0.15, 0.2) is 0 Å². The first kappa shape index (κ1) is 23.3. The van der Waals surface area contributed by atoms with Crippen molar-refractivity contribution in [3.8, 4) is 0 Å². The maximum absolute atomic E-state index is 13.8. The number of hydrogen-bond donors (Lipinski definition) is 2. The zero-order valence-electron chi connectivity index (χ0n) is 18.6. The number of thioether (sulfide) groups is 2. The Labute approximate surface area is 211 Å². The molecule has 0 fully saturated rings. The van der Waals surface area contributed by atoms with Gasteiger partial charge >= 0.3 is 6.03 Å². The predicted molar refractivity (Wildman–Crippen MR) is 142 cm³/mol. The Morgan fingerprint density at radius 1 is 0.943 bits per heavy atom. The van der Waals surface area contributed by atoms with Crippen LogP contribution in [0.3, 0.4) is 0 Å². The van der Waals surface area contributed by atoms with Crippen LogP contribution in [-0.2, 0) is 4.79 Å². The summed E-state index contributed by atoms with van der Waals surface area (Å²) in [5.74, 6) is -0.664. The molecule has 35 heavy (non-hydrogen) atoms. The zero-order valence-corrected chi connectivity index (χ0v) is 20.2. The number of anilines is 3. The molecule has 2 unspecified atom stereocenters. The predicted octanol–water partition coefficient (Wildman–Crippen LogP) is 6.56. The summed E-state index contributed by atoms with van der Waals surface area (Å²) in [7, 11) is 0. The minimum absolute atomic E-state index is 0.0838. The average molecular weight is 504 g/mol. The van der Waals surface area contributed by atoms with Gasteiger partial charge in [0.25, 0.3) is 0 Å². The van der Waals surface area contributed by atoms with Gasteiger partial charge in [-0.15, -0.1) is 23.5 Å². The van der Waals surface area contributed by atoms with Crippen LogP contribution in [0.25, 0.3) is 0 Å². The van der Waals surface area contributed by atoms with Crippen LogP contribution in [-0.4, -0.2) is 29.0 Å². The van der Waals surface area contributed by atoms with E-state index in [0.717, 1.165) is 15.5 Å². The fourth-order valence-electron chi connectivity index (χ4n) is 3.97. The van der Waals surface area contributed by atoms with E-state index in [-0.39, 0.29) is 34.7 Å². The summed E-state index contributed by atoms with van der Waals surface area (Å²) in [6, 6.07) is 21.0. The molecule has 5 rings (SSSR count). The van der Waals surface area contributed by atoms with Gasteiger partial charge in [0.1, 0.15) is 5.82 Å². The Kier molecular flexibility index (Phi) is 6.92. The third-order valence-corrected chi connectivity index (χ3v) is 7.87. The van der Waals surface area contributed by atoms with Crippen molar-refractivity contribution in [1.29, 1.82) is 0 Å². The lowest BCUT2D eigenvalue weighted by molar-refractivity contribution is -0.113. The molecule has 0 aromatic heterocycles. The normalized spacial score (nSPS) is 17.9. The third-order valence-electron chi connectivity index (χ3n) is 5.56. The molecule has 176 valence electrons. The number of rotatable bonds is 5. The molecular formula is C27H22FN3O2S2. The number of hydrogen-bond acceptors (Lipinski definition) is 4. The fourth-order valence-corrected chi connectivity index (χ4v) is 5.98. The molecule has 5 nitrogen and oxygen atoms in total. The molecule has 1 aliphatic heterocycles. The number of nitrogens with zero attached hydrogens (tertiary/aromatic N) is 1. The van der Waals surface area contributed by atoms with E-state index in [9.17, 15) is 14.0 Å².